The molecule has 29 heavy (non-hydrogen) atoms. The molecule has 0 amide bonds. The van der Waals surface area contributed by atoms with Gasteiger partial charge in [0.15, 0.2) is 0 Å². The molecule has 4 aromatic carbocycles. The highest BCUT2D eigenvalue weighted by molar-refractivity contribution is 7.89. The molecule has 4 aromatic rings. The fourth-order valence-electron chi connectivity index (χ4n) is 3.17. The topological polar surface area (TPSA) is 63.7 Å². The summed E-state index contributed by atoms with van der Waals surface area (Å²) in [6.07, 6.45) is 0. The summed E-state index contributed by atoms with van der Waals surface area (Å²) in [5.74, 6) is -0.266. The van der Waals surface area contributed by atoms with E-state index in [4.69, 9.17) is 4.74 Å². The summed E-state index contributed by atoms with van der Waals surface area (Å²) in [4.78, 5) is 12.5. The lowest BCUT2D eigenvalue weighted by atomic mass is 10.1. The quantitative estimate of drug-likeness (QED) is 0.368. The van der Waals surface area contributed by atoms with E-state index >= 15 is 0 Å². The van der Waals surface area contributed by atoms with E-state index in [-0.39, 0.29) is 11.4 Å². The van der Waals surface area contributed by atoms with E-state index in [1.165, 1.54) is 7.05 Å². The van der Waals surface area contributed by atoms with Crippen LogP contribution in [0.15, 0.2) is 89.8 Å². The number of benzene rings is 4. The van der Waals surface area contributed by atoms with Gasteiger partial charge in [-0.25, -0.2) is 8.42 Å². The van der Waals surface area contributed by atoms with Crippen LogP contribution in [0, 0.1) is 0 Å². The fraction of sp³-hybridized carbons (Fsp3) is 0.0870. The first kappa shape index (κ1) is 19.1. The van der Waals surface area contributed by atoms with Crippen LogP contribution in [0.1, 0.15) is 0 Å². The van der Waals surface area contributed by atoms with E-state index in [2.05, 4.69) is 0 Å². The second-order valence-corrected chi connectivity index (χ2v) is 8.80. The van der Waals surface area contributed by atoms with Gasteiger partial charge < -0.3 is 4.74 Å². The number of nitrogens with zero attached hydrogens (tertiary/aromatic N) is 1. The SMILES string of the molecule is CN(CC(=O)Oc1ccc2ccccc2c1)S(=O)(=O)c1ccc2ccccc2c1. The summed E-state index contributed by atoms with van der Waals surface area (Å²) in [7, 11) is -2.45. The summed E-state index contributed by atoms with van der Waals surface area (Å²) in [5, 5.41) is 3.74. The highest BCUT2D eigenvalue weighted by Gasteiger charge is 2.24. The van der Waals surface area contributed by atoms with Gasteiger partial charge in [0.1, 0.15) is 12.3 Å². The third kappa shape index (κ3) is 3.99. The van der Waals surface area contributed by atoms with Crippen LogP contribution in [0.25, 0.3) is 21.5 Å². The molecule has 4 rings (SSSR count). The molecule has 0 aromatic heterocycles. The highest BCUT2D eigenvalue weighted by atomic mass is 32.2. The largest absolute Gasteiger partial charge is 0.426 e. The molecular weight excluding hydrogens is 386 g/mol. The Hall–Kier alpha value is -3.22. The smallest absolute Gasteiger partial charge is 0.326 e. The maximum absolute atomic E-state index is 12.9. The Morgan fingerprint density at radius 1 is 0.793 bits per heavy atom. The van der Waals surface area contributed by atoms with Crippen LogP contribution in [-0.2, 0) is 14.8 Å². The van der Waals surface area contributed by atoms with E-state index in [9.17, 15) is 13.2 Å². The number of hydrogen-bond donors (Lipinski definition) is 0. The Bertz CT molecular complexity index is 1310. The van der Waals surface area contributed by atoms with Crippen molar-refractivity contribution in [1.82, 2.24) is 4.31 Å². The number of carbonyl (C=O) groups is 1. The average molecular weight is 405 g/mol. The predicted octanol–water partition coefficient (Wildman–Crippen LogP) is 4.22. The Labute approximate surface area is 169 Å². The standard InChI is InChI=1S/C23H19NO4S/c1-24(29(26,27)22-13-11-18-7-3-5-9-20(18)15-22)16-23(25)28-21-12-10-17-6-2-4-8-19(17)14-21/h2-15H,16H2,1H3. The molecule has 6 heteroatoms. The van der Waals surface area contributed by atoms with Crippen LogP contribution < -0.4 is 4.74 Å². The van der Waals surface area contributed by atoms with Crippen molar-refractivity contribution in [3.63, 3.8) is 0 Å². The molecule has 0 aliphatic carbocycles. The van der Waals surface area contributed by atoms with E-state index in [1.807, 2.05) is 54.6 Å². The van der Waals surface area contributed by atoms with Crippen molar-refractivity contribution in [1.29, 1.82) is 0 Å². The minimum Gasteiger partial charge on any atom is -0.426 e. The van der Waals surface area contributed by atoms with Crippen LogP contribution in [0.2, 0.25) is 0 Å². The van der Waals surface area contributed by atoms with Crippen LogP contribution in [-0.4, -0.2) is 32.3 Å². The number of rotatable bonds is 5. The lowest BCUT2D eigenvalue weighted by molar-refractivity contribution is -0.134. The molecule has 0 heterocycles. The molecule has 0 radical (unpaired) electrons. The predicted molar refractivity (Wildman–Crippen MR) is 113 cm³/mol. The Kier molecular flexibility index (Phi) is 5.05. The second-order valence-electron chi connectivity index (χ2n) is 6.75. The molecule has 0 bridgehead atoms. The molecule has 0 N–H and O–H groups in total. The van der Waals surface area contributed by atoms with Crippen molar-refractivity contribution in [2.75, 3.05) is 13.6 Å². The first-order valence-electron chi connectivity index (χ1n) is 9.08. The van der Waals surface area contributed by atoms with Gasteiger partial charge in [-0.2, -0.15) is 4.31 Å². The van der Waals surface area contributed by atoms with Crippen LogP contribution >= 0.6 is 0 Å². The molecular formula is C23H19NO4S. The van der Waals surface area contributed by atoms with Gasteiger partial charge in [-0.15, -0.1) is 0 Å². The van der Waals surface area contributed by atoms with E-state index < -0.39 is 16.0 Å². The van der Waals surface area contributed by atoms with Crippen molar-refractivity contribution in [3.05, 3.63) is 84.9 Å². The molecule has 0 saturated carbocycles. The number of sulfonamides is 1. The number of carbonyl (C=O) groups excluding carboxylic acids is 1. The molecule has 0 aliphatic rings. The van der Waals surface area contributed by atoms with E-state index in [0.717, 1.165) is 25.9 Å². The molecule has 0 fully saturated rings. The average Bonchev–Trinajstić information content (AvgIpc) is 2.73. The number of esters is 1. The lowest BCUT2D eigenvalue weighted by Gasteiger charge is -2.17. The Morgan fingerprint density at radius 2 is 1.34 bits per heavy atom. The number of fused-ring (bicyclic) bond motifs is 2. The monoisotopic (exact) mass is 405 g/mol. The van der Waals surface area contributed by atoms with Crippen LogP contribution in [0.3, 0.4) is 0 Å². The maximum Gasteiger partial charge on any atom is 0.326 e. The van der Waals surface area contributed by atoms with Crippen LogP contribution in [0.5, 0.6) is 5.75 Å². The number of ether oxygens (including phenoxy) is 1. The Morgan fingerprint density at radius 3 is 2.00 bits per heavy atom. The summed E-state index contributed by atoms with van der Waals surface area (Å²) < 4.78 is 32.1. The zero-order valence-corrected chi connectivity index (χ0v) is 16.6. The normalized spacial score (nSPS) is 11.8. The van der Waals surface area contributed by atoms with Gasteiger partial charge in [0.05, 0.1) is 4.90 Å². The minimum atomic E-state index is -3.82. The van der Waals surface area contributed by atoms with E-state index in [0.29, 0.717) is 5.75 Å². The van der Waals surface area contributed by atoms with Crippen molar-refractivity contribution in [2.45, 2.75) is 4.90 Å². The van der Waals surface area contributed by atoms with Crippen molar-refractivity contribution < 1.29 is 17.9 Å². The molecule has 0 spiro atoms. The number of likely N-dealkylation sites (N-methyl/N-ethyl adjacent to an activating group) is 1. The highest BCUT2D eigenvalue weighted by Crippen LogP contribution is 2.23. The van der Waals surface area contributed by atoms with Crippen LogP contribution in [0.4, 0.5) is 0 Å². The van der Waals surface area contributed by atoms with Crippen molar-refractivity contribution in [2.24, 2.45) is 0 Å². The third-order valence-electron chi connectivity index (χ3n) is 4.73. The molecule has 5 nitrogen and oxygen atoms in total. The van der Waals surface area contributed by atoms with Gasteiger partial charge in [0.2, 0.25) is 10.0 Å². The minimum absolute atomic E-state index is 0.136. The van der Waals surface area contributed by atoms with Gasteiger partial charge in [-0.05, 0) is 45.8 Å². The fourth-order valence-corrected chi connectivity index (χ4v) is 4.32. The summed E-state index contributed by atoms with van der Waals surface area (Å²) >= 11 is 0. The third-order valence-corrected chi connectivity index (χ3v) is 6.53. The maximum atomic E-state index is 12.9. The molecule has 0 saturated heterocycles. The van der Waals surface area contributed by atoms with Gasteiger partial charge >= 0.3 is 5.97 Å². The van der Waals surface area contributed by atoms with Gasteiger partial charge in [-0.3, -0.25) is 4.79 Å². The van der Waals surface area contributed by atoms with Gasteiger partial charge in [0, 0.05) is 7.05 Å². The summed E-state index contributed by atoms with van der Waals surface area (Å²) in [6.45, 7) is -0.387. The summed E-state index contributed by atoms with van der Waals surface area (Å²) in [6, 6.07) is 25.4. The van der Waals surface area contributed by atoms with Crippen molar-refractivity contribution >= 4 is 37.5 Å². The summed E-state index contributed by atoms with van der Waals surface area (Å²) in [5.41, 5.74) is 0. The molecule has 0 unspecified atom stereocenters. The van der Waals surface area contributed by atoms with E-state index in [1.54, 1.807) is 30.3 Å². The molecule has 0 aliphatic heterocycles. The van der Waals surface area contributed by atoms with Gasteiger partial charge in [-0.1, -0.05) is 60.7 Å². The second kappa shape index (κ2) is 7.66. The number of hydrogen-bond acceptors (Lipinski definition) is 4. The lowest BCUT2D eigenvalue weighted by Crippen LogP contribution is -2.34. The molecule has 146 valence electrons. The first-order valence-corrected chi connectivity index (χ1v) is 10.5. The zero-order chi connectivity index (χ0) is 20.4. The van der Waals surface area contributed by atoms with Crippen molar-refractivity contribution in [3.8, 4) is 5.75 Å². The Balaban J connectivity index is 1.50. The molecule has 0 atom stereocenters. The zero-order valence-electron chi connectivity index (χ0n) is 15.8. The first-order chi connectivity index (χ1) is 13.9. The van der Waals surface area contributed by atoms with Gasteiger partial charge in [0.25, 0.3) is 0 Å².